The Morgan fingerprint density at radius 2 is 2.00 bits per heavy atom. The molecule has 1 fully saturated rings. The zero-order valence-corrected chi connectivity index (χ0v) is 16.6. The molecule has 6 heteroatoms. The fourth-order valence-corrected chi connectivity index (χ4v) is 3.70. The SMILES string of the molecule is CCOc1cc(C(=O)N2CCCC(C)C2CN)ccc1OCc1ccncc1. The summed E-state index contributed by atoms with van der Waals surface area (Å²) >= 11 is 0. The van der Waals surface area contributed by atoms with Gasteiger partial charge in [-0.3, -0.25) is 9.78 Å². The number of pyridine rings is 1. The number of ether oxygens (including phenoxy) is 2. The third-order valence-corrected chi connectivity index (χ3v) is 5.25. The number of carbonyl (C=O) groups is 1. The fraction of sp³-hybridized carbons (Fsp3) is 0.455. The second-order valence-electron chi connectivity index (χ2n) is 7.16. The molecule has 1 aliphatic heterocycles. The summed E-state index contributed by atoms with van der Waals surface area (Å²) in [5.74, 6) is 1.62. The summed E-state index contributed by atoms with van der Waals surface area (Å²) in [5, 5.41) is 0. The Bertz CT molecular complexity index is 782. The predicted molar refractivity (Wildman–Crippen MR) is 108 cm³/mol. The number of piperidine rings is 1. The van der Waals surface area contributed by atoms with E-state index >= 15 is 0 Å². The topological polar surface area (TPSA) is 77.7 Å². The first-order valence-corrected chi connectivity index (χ1v) is 9.93. The van der Waals surface area contributed by atoms with Crippen LogP contribution in [0.15, 0.2) is 42.7 Å². The lowest BCUT2D eigenvalue weighted by atomic mass is 9.90. The van der Waals surface area contributed by atoms with Gasteiger partial charge in [0.25, 0.3) is 5.91 Å². The zero-order chi connectivity index (χ0) is 19.9. The molecule has 0 saturated carbocycles. The number of likely N-dealkylation sites (tertiary alicyclic amines) is 1. The van der Waals surface area contributed by atoms with Crippen molar-refractivity contribution >= 4 is 5.91 Å². The molecule has 1 amide bonds. The molecule has 2 heterocycles. The lowest BCUT2D eigenvalue weighted by molar-refractivity contribution is 0.0532. The average molecular weight is 383 g/mol. The van der Waals surface area contributed by atoms with Crippen molar-refractivity contribution in [1.29, 1.82) is 0 Å². The number of hydrogen-bond acceptors (Lipinski definition) is 5. The molecule has 1 saturated heterocycles. The maximum absolute atomic E-state index is 13.1. The van der Waals surface area contributed by atoms with E-state index in [1.807, 2.05) is 30.0 Å². The van der Waals surface area contributed by atoms with E-state index in [2.05, 4.69) is 11.9 Å². The average Bonchev–Trinajstić information content (AvgIpc) is 2.73. The van der Waals surface area contributed by atoms with Crippen LogP contribution < -0.4 is 15.2 Å². The van der Waals surface area contributed by atoms with Crippen LogP contribution in [0.3, 0.4) is 0 Å². The van der Waals surface area contributed by atoms with Gasteiger partial charge in [0.15, 0.2) is 11.5 Å². The third-order valence-electron chi connectivity index (χ3n) is 5.25. The van der Waals surface area contributed by atoms with E-state index in [0.29, 0.717) is 42.7 Å². The molecule has 0 radical (unpaired) electrons. The van der Waals surface area contributed by atoms with Gasteiger partial charge in [-0.05, 0) is 61.6 Å². The summed E-state index contributed by atoms with van der Waals surface area (Å²) in [4.78, 5) is 19.1. The van der Waals surface area contributed by atoms with E-state index in [-0.39, 0.29) is 11.9 Å². The van der Waals surface area contributed by atoms with Gasteiger partial charge >= 0.3 is 0 Å². The van der Waals surface area contributed by atoms with Crippen molar-refractivity contribution in [2.24, 2.45) is 11.7 Å². The van der Waals surface area contributed by atoms with Gasteiger partial charge in [0.05, 0.1) is 6.61 Å². The minimum atomic E-state index is 0.00337. The normalized spacial score (nSPS) is 19.3. The molecule has 1 aliphatic rings. The Balaban J connectivity index is 1.78. The van der Waals surface area contributed by atoms with Crippen LogP contribution in [0.4, 0.5) is 0 Å². The van der Waals surface area contributed by atoms with Gasteiger partial charge in [0.1, 0.15) is 6.61 Å². The Kier molecular flexibility index (Phi) is 6.87. The van der Waals surface area contributed by atoms with Gasteiger partial charge in [0.2, 0.25) is 0 Å². The van der Waals surface area contributed by atoms with Gasteiger partial charge in [-0.2, -0.15) is 0 Å². The van der Waals surface area contributed by atoms with Crippen LogP contribution in [0.1, 0.15) is 42.6 Å². The molecule has 28 heavy (non-hydrogen) atoms. The number of rotatable bonds is 7. The summed E-state index contributed by atoms with van der Waals surface area (Å²) in [7, 11) is 0. The number of hydrogen-bond donors (Lipinski definition) is 1. The van der Waals surface area contributed by atoms with Crippen LogP contribution >= 0.6 is 0 Å². The van der Waals surface area contributed by atoms with Crippen molar-refractivity contribution in [2.45, 2.75) is 39.3 Å². The van der Waals surface area contributed by atoms with Gasteiger partial charge < -0.3 is 20.1 Å². The van der Waals surface area contributed by atoms with E-state index in [9.17, 15) is 4.79 Å². The third kappa shape index (κ3) is 4.62. The van der Waals surface area contributed by atoms with Gasteiger partial charge in [-0.1, -0.05) is 6.92 Å². The summed E-state index contributed by atoms with van der Waals surface area (Å²) in [5.41, 5.74) is 7.58. The van der Waals surface area contributed by atoms with Crippen molar-refractivity contribution in [2.75, 3.05) is 19.7 Å². The minimum absolute atomic E-state index is 0.00337. The summed E-state index contributed by atoms with van der Waals surface area (Å²) < 4.78 is 11.7. The maximum Gasteiger partial charge on any atom is 0.254 e. The van der Waals surface area contributed by atoms with Crippen LogP contribution in [-0.4, -0.2) is 41.5 Å². The molecule has 0 bridgehead atoms. The number of carbonyl (C=O) groups excluding carboxylic acids is 1. The second kappa shape index (κ2) is 9.55. The predicted octanol–water partition coefficient (Wildman–Crippen LogP) is 3.26. The second-order valence-corrected chi connectivity index (χ2v) is 7.16. The highest BCUT2D eigenvalue weighted by Gasteiger charge is 2.31. The number of aromatic nitrogens is 1. The molecule has 3 rings (SSSR count). The van der Waals surface area contributed by atoms with E-state index in [1.165, 1.54) is 0 Å². The minimum Gasteiger partial charge on any atom is -0.490 e. The molecule has 2 atom stereocenters. The molecule has 2 aromatic rings. The van der Waals surface area contributed by atoms with Crippen LogP contribution in [-0.2, 0) is 6.61 Å². The quantitative estimate of drug-likeness (QED) is 0.794. The number of amides is 1. The zero-order valence-electron chi connectivity index (χ0n) is 16.6. The van der Waals surface area contributed by atoms with Gasteiger partial charge in [-0.15, -0.1) is 0 Å². The highest BCUT2D eigenvalue weighted by Crippen LogP contribution is 2.31. The largest absolute Gasteiger partial charge is 0.490 e. The van der Waals surface area contributed by atoms with Crippen LogP contribution in [0, 0.1) is 5.92 Å². The number of benzene rings is 1. The monoisotopic (exact) mass is 383 g/mol. The first kappa shape index (κ1) is 20.1. The molecule has 2 unspecified atom stereocenters. The van der Waals surface area contributed by atoms with Crippen LogP contribution in [0.2, 0.25) is 0 Å². The van der Waals surface area contributed by atoms with E-state index < -0.39 is 0 Å². The van der Waals surface area contributed by atoms with Crippen molar-refractivity contribution in [3.63, 3.8) is 0 Å². The molecule has 1 aromatic heterocycles. The maximum atomic E-state index is 13.1. The van der Waals surface area contributed by atoms with Crippen LogP contribution in [0.25, 0.3) is 0 Å². The van der Waals surface area contributed by atoms with E-state index in [4.69, 9.17) is 15.2 Å². The standard InChI is InChI=1S/C22H29N3O3/c1-3-27-21-13-18(22(26)25-12-4-5-16(2)19(25)14-23)6-7-20(21)28-15-17-8-10-24-11-9-17/h6-11,13,16,19H,3-5,12,14-15,23H2,1-2H3. The van der Waals surface area contributed by atoms with Crippen molar-refractivity contribution in [1.82, 2.24) is 9.88 Å². The molecule has 150 valence electrons. The van der Waals surface area contributed by atoms with Crippen molar-refractivity contribution in [3.8, 4) is 11.5 Å². The Morgan fingerprint density at radius 3 is 2.71 bits per heavy atom. The molecular formula is C22H29N3O3. The van der Waals surface area contributed by atoms with E-state index in [0.717, 1.165) is 24.9 Å². The summed E-state index contributed by atoms with van der Waals surface area (Å²) in [6.45, 7) is 6.22. The van der Waals surface area contributed by atoms with Crippen LogP contribution in [0.5, 0.6) is 11.5 Å². The molecule has 0 aliphatic carbocycles. The number of nitrogens with zero attached hydrogens (tertiary/aromatic N) is 2. The van der Waals surface area contributed by atoms with Gasteiger partial charge in [-0.25, -0.2) is 0 Å². The summed E-state index contributed by atoms with van der Waals surface area (Å²) in [6, 6.07) is 9.29. The fourth-order valence-electron chi connectivity index (χ4n) is 3.70. The lowest BCUT2D eigenvalue weighted by Crippen LogP contribution is -2.51. The smallest absolute Gasteiger partial charge is 0.254 e. The Morgan fingerprint density at radius 1 is 1.21 bits per heavy atom. The number of nitrogens with two attached hydrogens (primary N) is 1. The van der Waals surface area contributed by atoms with Gasteiger partial charge in [0, 0.05) is 37.1 Å². The highest BCUT2D eigenvalue weighted by molar-refractivity contribution is 5.95. The van der Waals surface area contributed by atoms with Crippen molar-refractivity contribution in [3.05, 3.63) is 53.9 Å². The molecule has 0 spiro atoms. The molecule has 6 nitrogen and oxygen atoms in total. The van der Waals surface area contributed by atoms with Crippen molar-refractivity contribution < 1.29 is 14.3 Å². The Labute approximate surface area is 166 Å². The Hall–Kier alpha value is -2.60. The molecule has 2 N–H and O–H groups in total. The van der Waals surface area contributed by atoms with E-state index in [1.54, 1.807) is 24.5 Å². The first-order valence-electron chi connectivity index (χ1n) is 9.93. The molecule has 1 aromatic carbocycles. The lowest BCUT2D eigenvalue weighted by Gasteiger charge is -2.39. The molecular weight excluding hydrogens is 354 g/mol. The highest BCUT2D eigenvalue weighted by atomic mass is 16.5. The summed E-state index contributed by atoms with van der Waals surface area (Å²) in [6.07, 6.45) is 5.58. The first-order chi connectivity index (χ1) is 13.6.